The average Bonchev–Trinajstić information content (AvgIpc) is 2.46. The van der Waals surface area contributed by atoms with Gasteiger partial charge in [0.05, 0.1) is 6.61 Å². The van der Waals surface area contributed by atoms with Gasteiger partial charge in [-0.2, -0.15) is 0 Å². The average molecular weight is 257 g/mol. The molecular formula is C15H19N3O. The second kappa shape index (κ2) is 6.29. The lowest BCUT2D eigenvalue weighted by Gasteiger charge is -2.09. The van der Waals surface area contributed by atoms with Crippen molar-refractivity contribution >= 4 is 5.82 Å². The molecule has 2 rings (SSSR count). The van der Waals surface area contributed by atoms with E-state index in [-0.39, 0.29) is 6.61 Å². The largest absolute Gasteiger partial charge is 0.392 e. The highest BCUT2D eigenvalue weighted by atomic mass is 16.3. The molecule has 0 aliphatic rings. The molecule has 0 fully saturated rings. The van der Waals surface area contributed by atoms with Crippen molar-refractivity contribution in [3.05, 3.63) is 53.5 Å². The molecule has 0 spiro atoms. The van der Waals surface area contributed by atoms with E-state index in [1.165, 1.54) is 0 Å². The minimum absolute atomic E-state index is 0.0807. The molecule has 0 atom stereocenters. The second-order valence-corrected chi connectivity index (χ2v) is 4.81. The van der Waals surface area contributed by atoms with Crippen LogP contribution in [0.4, 0.5) is 5.82 Å². The third-order valence-corrected chi connectivity index (χ3v) is 2.96. The minimum Gasteiger partial charge on any atom is -0.392 e. The van der Waals surface area contributed by atoms with E-state index in [4.69, 9.17) is 5.11 Å². The third-order valence-electron chi connectivity index (χ3n) is 2.96. The fourth-order valence-corrected chi connectivity index (χ4v) is 1.74. The van der Waals surface area contributed by atoms with Crippen molar-refractivity contribution in [3.8, 4) is 0 Å². The number of aromatic nitrogens is 2. The highest BCUT2D eigenvalue weighted by Gasteiger charge is 2.02. The van der Waals surface area contributed by atoms with Crippen LogP contribution >= 0.6 is 0 Å². The lowest BCUT2D eigenvalue weighted by atomic mass is 10.1. The molecule has 2 N–H and O–H groups in total. The molecule has 1 aromatic carbocycles. The molecule has 0 saturated carbocycles. The topological polar surface area (TPSA) is 58.0 Å². The molecule has 0 amide bonds. The molecule has 0 saturated heterocycles. The van der Waals surface area contributed by atoms with Crippen molar-refractivity contribution in [2.75, 3.05) is 5.32 Å². The van der Waals surface area contributed by atoms with Crippen LogP contribution in [0.15, 0.2) is 36.7 Å². The van der Waals surface area contributed by atoms with E-state index >= 15 is 0 Å². The standard InChI is InChI=1S/C15H19N3O/c1-11(2)14-7-15(18-10-17-14)16-8-12-3-5-13(9-19)6-4-12/h3-7,10-11,19H,8-9H2,1-2H3,(H,16,17,18). The van der Waals surface area contributed by atoms with Gasteiger partial charge in [-0.05, 0) is 17.0 Å². The number of hydrogen-bond acceptors (Lipinski definition) is 4. The van der Waals surface area contributed by atoms with E-state index < -0.39 is 0 Å². The molecule has 2 aromatic rings. The van der Waals surface area contributed by atoms with E-state index in [2.05, 4.69) is 29.1 Å². The van der Waals surface area contributed by atoms with Gasteiger partial charge in [0.15, 0.2) is 0 Å². The van der Waals surface area contributed by atoms with Gasteiger partial charge in [-0.25, -0.2) is 9.97 Å². The van der Waals surface area contributed by atoms with Crippen LogP contribution in [-0.4, -0.2) is 15.1 Å². The highest BCUT2D eigenvalue weighted by molar-refractivity contribution is 5.37. The Morgan fingerprint density at radius 3 is 2.42 bits per heavy atom. The molecule has 4 nitrogen and oxygen atoms in total. The van der Waals surface area contributed by atoms with Crippen LogP contribution in [0.1, 0.15) is 36.6 Å². The van der Waals surface area contributed by atoms with Gasteiger partial charge in [-0.3, -0.25) is 0 Å². The number of nitrogens with one attached hydrogen (secondary N) is 1. The molecule has 1 heterocycles. The normalized spacial score (nSPS) is 10.7. The Balaban J connectivity index is 1.99. The van der Waals surface area contributed by atoms with E-state index in [0.29, 0.717) is 12.5 Å². The summed E-state index contributed by atoms with van der Waals surface area (Å²) >= 11 is 0. The summed E-state index contributed by atoms with van der Waals surface area (Å²) in [7, 11) is 0. The summed E-state index contributed by atoms with van der Waals surface area (Å²) in [6.45, 7) is 5.01. The molecule has 0 aliphatic carbocycles. The molecule has 4 heteroatoms. The van der Waals surface area contributed by atoms with Gasteiger partial charge in [-0.1, -0.05) is 38.1 Å². The zero-order valence-corrected chi connectivity index (χ0v) is 11.3. The number of rotatable bonds is 5. The zero-order valence-electron chi connectivity index (χ0n) is 11.3. The maximum Gasteiger partial charge on any atom is 0.129 e. The predicted molar refractivity (Wildman–Crippen MR) is 75.8 cm³/mol. The Kier molecular flexibility index (Phi) is 4.47. The Labute approximate surface area is 113 Å². The van der Waals surface area contributed by atoms with Crippen LogP contribution < -0.4 is 5.32 Å². The molecule has 19 heavy (non-hydrogen) atoms. The Bertz CT molecular complexity index is 523. The SMILES string of the molecule is CC(C)c1cc(NCc2ccc(CO)cc2)ncn1. The first-order valence-electron chi connectivity index (χ1n) is 6.43. The zero-order chi connectivity index (χ0) is 13.7. The highest BCUT2D eigenvalue weighted by Crippen LogP contribution is 2.14. The van der Waals surface area contributed by atoms with Gasteiger partial charge in [-0.15, -0.1) is 0 Å². The summed E-state index contributed by atoms with van der Waals surface area (Å²) in [6.07, 6.45) is 1.59. The Morgan fingerprint density at radius 1 is 1.11 bits per heavy atom. The van der Waals surface area contributed by atoms with Crippen molar-refractivity contribution in [2.45, 2.75) is 32.9 Å². The van der Waals surface area contributed by atoms with Crippen molar-refractivity contribution in [1.29, 1.82) is 0 Å². The van der Waals surface area contributed by atoms with Crippen LogP contribution in [0.3, 0.4) is 0 Å². The van der Waals surface area contributed by atoms with Gasteiger partial charge < -0.3 is 10.4 Å². The summed E-state index contributed by atoms with van der Waals surface area (Å²) in [5.74, 6) is 1.23. The lowest BCUT2D eigenvalue weighted by Crippen LogP contribution is -2.03. The van der Waals surface area contributed by atoms with Gasteiger partial charge in [0.1, 0.15) is 12.1 Å². The van der Waals surface area contributed by atoms with Crippen molar-refractivity contribution in [1.82, 2.24) is 9.97 Å². The predicted octanol–water partition coefficient (Wildman–Crippen LogP) is 2.70. The van der Waals surface area contributed by atoms with Crippen LogP contribution in [0.5, 0.6) is 0 Å². The number of aliphatic hydroxyl groups excluding tert-OH is 1. The first kappa shape index (κ1) is 13.5. The quantitative estimate of drug-likeness (QED) is 0.864. The van der Waals surface area contributed by atoms with Crippen LogP contribution in [0.25, 0.3) is 0 Å². The number of nitrogens with zero attached hydrogens (tertiary/aromatic N) is 2. The van der Waals surface area contributed by atoms with E-state index in [1.54, 1.807) is 6.33 Å². The molecule has 0 bridgehead atoms. The van der Waals surface area contributed by atoms with Crippen LogP contribution in [0, 0.1) is 0 Å². The molecular weight excluding hydrogens is 238 g/mol. The number of hydrogen-bond donors (Lipinski definition) is 2. The fourth-order valence-electron chi connectivity index (χ4n) is 1.74. The molecule has 1 aromatic heterocycles. The summed E-state index contributed by atoms with van der Waals surface area (Å²) in [5.41, 5.74) is 3.11. The minimum atomic E-state index is 0.0807. The molecule has 100 valence electrons. The number of benzene rings is 1. The first-order valence-corrected chi connectivity index (χ1v) is 6.43. The monoisotopic (exact) mass is 257 g/mol. The van der Waals surface area contributed by atoms with Gasteiger partial charge in [0.2, 0.25) is 0 Å². The summed E-state index contributed by atoms with van der Waals surface area (Å²) < 4.78 is 0. The summed E-state index contributed by atoms with van der Waals surface area (Å²) in [6, 6.07) is 9.84. The fraction of sp³-hybridized carbons (Fsp3) is 0.333. The van der Waals surface area contributed by atoms with E-state index in [0.717, 1.165) is 22.6 Å². The van der Waals surface area contributed by atoms with Gasteiger partial charge >= 0.3 is 0 Å². The smallest absolute Gasteiger partial charge is 0.129 e. The first-order chi connectivity index (χ1) is 9.19. The maximum absolute atomic E-state index is 8.99. The summed E-state index contributed by atoms with van der Waals surface area (Å²) in [5, 5.41) is 12.3. The van der Waals surface area contributed by atoms with Crippen molar-refractivity contribution < 1.29 is 5.11 Å². The van der Waals surface area contributed by atoms with E-state index in [9.17, 15) is 0 Å². The van der Waals surface area contributed by atoms with Crippen molar-refractivity contribution in [2.24, 2.45) is 0 Å². The van der Waals surface area contributed by atoms with Crippen LogP contribution in [0.2, 0.25) is 0 Å². The Hall–Kier alpha value is -1.94. The van der Waals surface area contributed by atoms with E-state index in [1.807, 2.05) is 30.3 Å². The Morgan fingerprint density at radius 2 is 1.79 bits per heavy atom. The lowest BCUT2D eigenvalue weighted by molar-refractivity contribution is 0.282. The van der Waals surface area contributed by atoms with Gasteiger partial charge in [0, 0.05) is 18.3 Å². The van der Waals surface area contributed by atoms with Crippen LogP contribution in [-0.2, 0) is 13.2 Å². The third kappa shape index (κ3) is 3.76. The summed E-state index contributed by atoms with van der Waals surface area (Å²) in [4.78, 5) is 8.45. The molecule has 0 radical (unpaired) electrons. The number of aliphatic hydroxyl groups is 1. The maximum atomic E-state index is 8.99. The molecule has 0 unspecified atom stereocenters. The molecule has 0 aliphatic heterocycles. The number of anilines is 1. The van der Waals surface area contributed by atoms with Crippen molar-refractivity contribution in [3.63, 3.8) is 0 Å². The second-order valence-electron chi connectivity index (χ2n) is 4.81. The van der Waals surface area contributed by atoms with Gasteiger partial charge in [0.25, 0.3) is 0 Å².